The Morgan fingerprint density at radius 2 is 1.94 bits per heavy atom. The van der Waals surface area contributed by atoms with Gasteiger partial charge in [0.15, 0.2) is 0 Å². The highest BCUT2D eigenvalue weighted by atomic mass is 15.1. The Bertz CT molecular complexity index is 242. The van der Waals surface area contributed by atoms with Crippen LogP contribution in [-0.2, 0) is 0 Å². The molecule has 0 saturated heterocycles. The molecule has 1 saturated carbocycles. The average Bonchev–Trinajstić information content (AvgIpc) is 2.77. The fourth-order valence-electron chi connectivity index (χ4n) is 2.73. The summed E-state index contributed by atoms with van der Waals surface area (Å²) in [5, 5.41) is 7.56. The van der Waals surface area contributed by atoms with E-state index in [0.29, 0.717) is 5.84 Å². The van der Waals surface area contributed by atoms with Gasteiger partial charge < -0.3 is 10.6 Å². The van der Waals surface area contributed by atoms with Gasteiger partial charge in [-0.2, -0.15) is 0 Å². The van der Waals surface area contributed by atoms with Crippen molar-refractivity contribution in [1.29, 1.82) is 5.41 Å². The highest BCUT2D eigenvalue weighted by Gasteiger charge is 2.24. The molecule has 0 aromatic heterocycles. The van der Waals surface area contributed by atoms with Crippen LogP contribution in [0.5, 0.6) is 0 Å². The van der Waals surface area contributed by atoms with Crippen LogP contribution < -0.4 is 5.73 Å². The van der Waals surface area contributed by atoms with Gasteiger partial charge in [0.25, 0.3) is 0 Å². The Balaban J connectivity index is 2.30. The molecule has 1 aliphatic carbocycles. The van der Waals surface area contributed by atoms with E-state index in [9.17, 15) is 0 Å². The lowest BCUT2D eigenvalue weighted by Crippen LogP contribution is -2.36. The van der Waals surface area contributed by atoms with Crippen LogP contribution in [0.1, 0.15) is 59.3 Å². The van der Waals surface area contributed by atoms with Gasteiger partial charge in [-0.3, -0.25) is 5.41 Å². The number of hydrogen-bond donors (Lipinski definition) is 2. The average molecular weight is 239 g/mol. The first-order valence-electron chi connectivity index (χ1n) is 7.06. The van der Waals surface area contributed by atoms with Gasteiger partial charge in [-0.15, -0.1) is 0 Å². The van der Waals surface area contributed by atoms with Gasteiger partial charge in [-0.25, -0.2) is 0 Å². The van der Waals surface area contributed by atoms with Gasteiger partial charge in [-0.05, 0) is 38.8 Å². The third-order valence-corrected chi connectivity index (χ3v) is 4.22. The number of nitrogens with two attached hydrogens (primary N) is 1. The smallest absolute Gasteiger partial charge is 0.0963 e. The van der Waals surface area contributed by atoms with Crippen molar-refractivity contribution in [1.82, 2.24) is 4.90 Å². The van der Waals surface area contributed by atoms with E-state index in [4.69, 9.17) is 11.1 Å². The molecule has 0 aromatic rings. The molecule has 0 heterocycles. The minimum atomic E-state index is -0.130. The minimum absolute atomic E-state index is 0.130. The first-order valence-corrected chi connectivity index (χ1v) is 7.06. The maximum absolute atomic E-state index is 7.56. The molecule has 1 aliphatic rings. The van der Waals surface area contributed by atoms with E-state index in [1.54, 1.807) is 0 Å². The van der Waals surface area contributed by atoms with Crippen LogP contribution in [0.4, 0.5) is 0 Å². The minimum Gasteiger partial charge on any atom is -0.387 e. The first-order chi connectivity index (χ1) is 7.97. The van der Waals surface area contributed by atoms with Crippen molar-refractivity contribution < 1.29 is 0 Å². The number of amidine groups is 1. The molecule has 0 aliphatic heterocycles. The van der Waals surface area contributed by atoms with Crippen LogP contribution in [0.15, 0.2) is 0 Å². The fourth-order valence-corrected chi connectivity index (χ4v) is 2.73. The van der Waals surface area contributed by atoms with Crippen molar-refractivity contribution in [3.05, 3.63) is 0 Å². The summed E-state index contributed by atoms with van der Waals surface area (Å²) in [7, 11) is 0. The molecule has 0 bridgehead atoms. The lowest BCUT2D eigenvalue weighted by molar-refractivity contribution is 0.199. The van der Waals surface area contributed by atoms with Crippen molar-refractivity contribution in [2.45, 2.75) is 65.3 Å². The van der Waals surface area contributed by atoms with Crippen LogP contribution in [-0.4, -0.2) is 29.9 Å². The standard InChI is InChI=1S/C14H29N3/c1-4-17(12-8-5-6-9-12)11-7-10-14(2,3)13(15)16/h12H,4-11H2,1-3H3,(H3,15,16). The number of rotatable bonds is 7. The maximum Gasteiger partial charge on any atom is 0.0963 e. The van der Waals surface area contributed by atoms with Gasteiger partial charge in [0, 0.05) is 11.5 Å². The fraction of sp³-hybridized carbons (Fsp3) is 0.929. The predicted molar refractivity (Wildman–Crippen MR) is 74.4 cm³/mol. The lowest BCUT2D eigenvalue weighted by atomic mass is 9.86. The molecule has 0 atom stereocenters. The van der Waals surface area contributed by atoms with Crippen molar-refractivity contribution in [2.75, 3.05) is 13.1 Å². The molecular formula is C14H29N3. The van der Waals surface area contributed by atoms with Crippen molar-refractivity contribution in [3.8, 4) is 0 Å². The van der Waals surface area contributed by atoms with Crippen LogP contribution in [0.2, 0.25) is 0 Å². The van der Waals surface area contributed by atoms with E-state index in [2.05, 4.69) is 25.7 Å². The molecular weight excluding hydrogens is 210 g/mol. The van der Waals surface area contributed by atoms with Gasteiger partial charge in [-0.1, -0.05) is 33.6 Å². The molecule has 3 nitrogen and oxygen atoms in total. The topological polar surface area (TPSA) is 53.1 Å². The summed E-state index contributed by atoms with van der Waals surface area (Å²) >= 11 is 0. The molecule has 100 valence electrons. The SMILES string of the molecule is CCN(CCCC(C)(C)C(=N)N)C1CCCC1. The molecule has 3 heteroatoms. The third-order valence-electron chi connectivity index (χ3n) is 4.22. The van der Waals surface area contributed by atoms with E-state index in [1.165, 1.54) is 25.7 Å². The van der Waals surface area contributed by atoms with Crippen LogP contribution in [0.25, 0.3) is 0 Å². The summed E-state index contributed by atoms with van der Waals surface area (Å²) in [5.74, 6) is 0.321. The normalized spacial score (nSPS) is 17.9. The largest absolute Gasteiger partial charge is 0.387 e. The summed E-state index contributed by atoms with van der Waals surface area (Å²) in [4.78, 5) is 2.61. The molecule has 0 spiro atoms. The Morgan fingerprint density at radius 1 is 1.35 bits per heavy atom. The zero-order valence-corrected chi connectivity index (χ0v) is 11.8. The van der Waals surface area contributed by atoms with E-state index < -0.39 is 0 Å². The quantitative estimate of drug-likeness (QED) is 0.530. The zero-order valence-electron chi connectivity index (χ0n) is 11.8. The molecule has 1 fully saturated rings. The molecule has 17 heavy (non-hydrogen) atoms. The first kappa shape index (κ1) is 14.5. The number of nitrogens with one attached hydrogen (secondary N) is 1. The summed E-state index contributed by atoms with van der Waals surface area (Å²) in [6, 6.07) is 0.820. The summed E-state index contributed by atoms with van der Waals surface area (Å²) in [6.07, 6.45) is 7.73. The Kier molecular flexibility index (Phi) is 5.44. The second-order valence-corrected chi connectivity index (χ2v) is 5.97. The van der Waals surface area contributed by atoms with Crippen molar-refractivity contribution in [2.24, 2.45) is 11.1 Å². The monoisotopic (exact) mass is 239 g/mol. The molecule has 0 radical (unpaired) electrons. The lowest BCUT2D eigenvalue weighted by Gasteiger charge is -2.29. The van der Waals surface area contributed by atoms with Crippen LogP contribution in [0, 0.1) is 10.8 Å². The van der Waals surface area contributed by atoms with Gasteiger partial charge >= 0.3 is 0 Å². The molecule has 1 rings (SSSR count). The van der Waals surface area contributed by atoms with E-state index in [-0.39, 0.29) is 5.41 Å². The van der Waals surface area contributed by atoms with Gasteiger partial charge in [0.1, 0.15) is 0 Å². The van der Waals surface area contributed by atoms with Gasteiger partial charge in [0.2, 0.25) is 0 Å². The van der Waals surface area contributed by atoms with Crippen molar-refractivity contribution >= 4 is 5.84 Å². The second kappa shape index (κ2) is 6.39. The van der Waals surface area contributed by atoms with E-state index in [0.717, 1.165) is 32.0 Å². The Hall–Kier alpha value is -0.570. The molecule has 0 unspecified atom stereocenters. The predicted octanol–water partition coefficient (Wildman–Crippen LogP) is 2.99. The number of nitrogens with zero attached hydrogens (tertiary/aromatic N) is 1. The molecule has 0 amide bonds. The third kappa shape index (κ3) is 4.30. The molecule has 0 aromatic carbocycles. The summed E-state index contributed by atoms with van der Waals surface area (Å²) in [6.45, 7) is 8.72. The molecule has 3 N–H and O–H groups in total. The van der Waals surface area contributed by atoms with Crippen LogP contribution >= 0.6 is 0 Å². The van der Waals surface area contributed by atoms with E-state index in [1.807, 2.05) is 0 Å². The maximum atomic E-state index is 7.56. The summed E-state index contributed by atoms with van der Waals surface area (Å²) in [5.41, 5.74) is 5.48. The Labute approximate surface area is 106 Å². The summed E-state index contributed by atoms with van der Waals surface area (Å²) < 4.78 is 0. The number of hydrogen-bond acceptors (Lipinski definition) is 2. The zero-order chi connectivity index (χ0) is 12.9. The highest BCUT2D eigenvalue weighted by molar-refractivity contribution is 5.82. The Morgan fingerprint density at radius 3 is 2.41 bits per heavy atom. The highest BCUT2D eigenvalue weighted by Crippen LogP contribution is 2.25. The second-order valence-electron chi connectivity index (χ2n) is 5.97. The van der Waals surface area contributed by atoms with E-state index >= 15 is 0 Å². The van der Waals surface area contributed by atoms with Gasteiger partial charge in [0.05, 0.1) is 5.84 Å². The van der Waals surface area contributed by atoms with Crippen molar-refractivity contribution in [3.63, 3.8) is 0 Å². The van der Waals surface area contributed by atoms with Crippen LogP contribution in [0.3, 0.4) is 0 Å².